The van der Waals surface area contributed by atoms with Crippen molar-refractivity contribution < 1.29 is 14.7 Å². The van der Waals surface area contributed by atoms with E-state index in [0.717, 1.165) is 11.2 Å². The average Bonchev–Trinajstić information content (AvgIpc) is 2.27. The van der Waals surface area contributed by atoms with Crippen LogP contribution in [0.2, 0.25) is 0 Å². The maximum absolute atomic E-state index is 11.5. The molecule has 0 aliphatic rings. The summed E-state index contributed by atoms with van der Waals surface area (Å²) in [6.45, 7) is 7.84. The number of carboxylic acids is 1. The lowest BCUT2D eigenvalue weighted by Crippen LogP contribution is -2.35. The summed E-state index contributed by atoms with van der Waals surface area (Å²) < 4.78 is -0.874. The number of thioether (sulfide) groups is 1. The predicted octanol–water partition coefficient (Wildman–Crippen LogP) is 3.87. The molecule has 0 fully saturated rings. The van der Waals surface area contributed by atoms with Gasteiger partial charge in [-0.25, -0.2) is 0 Å². The molecule has 1 N–H and O–H groups in total. The van der Waals surface area contributed by atoms with Crippen LogP contribution in [0.25, 0.3) is 0 Å². The fourth-order valence-electron chi connectivity index (χ4n) is 2.04. The fraction of sp³-hybridized carbons (Fsp3) is 0.467. The topological polar surface area (TPSA) is 54.4 Å². The number of hydrogen-bond donors (Lipinski definition) is 1. The summed E-state index contributed by atoms with van der Waals surface area (Å²) in [7, 11) is 0. The Hall–Kier alpha value is -1.29. The lowest BCUT2D eigenvalue weighted by molar-refractivity contribution is -0.140. The second-order valence-corrected chi connectivity index (χ2v) is 7.64. The summed E-state index contributed by atoms with van der Waals surface area (Å²) in [6.07, 6.45) is 1.34. The Morgan fingerprint density at radius 3 is 2.11 bits per heavy atom. The van der Waals surface area contributed by atoms with E-state index in [0.29, 0.717) is 12.0 Å². The molecule has 0 saturated heterocycles. The average molecular weight is 280 g/mol. The van der Waals surface area contributed by atoms with Gasteiger partial charge in [0.2, 0.25) is 0 Å². The Bertz CT molecular complexity index is 459. The van der Waals surface area contributed by atoms with Crippen LogP contribution in [-0.4, -0.2) is 22.1 Å². The highest BCUT2D eigenvalue weighted by Crippen LogP contribution is 2.41. The molecule has 1 atom stereocenters. The van der Waals surface area contributed by atoms with E-state index >= 15 is 0 Å². The molecule has 0 aliphatic heterocycles. The number of carbonyl (C=O) groups excluding carboxylic acids is 1. The zero-order chi connectivity index (χ0) is 14.7. The highest BCUT2D eigenvalue weighted by atomic mass is 32.2. The highest BCUT2D eigenvalue weighted by Gasteiger charge is 2.38. The lowest BCUT2D eigenvalue weighted by Gasteiger charge is -2.31. The van der Waals surface area contributed by atoms with Crippen molar-refractivity contribution in [3.05, 3.63) is 29.8 Å². The van der Waals surface area contributed by atoms with E-state index in [1.807, 2.05) is 20.8 Å². The molecular formula is C15H20O3S. The molecule has 104 valence electrons. The quantitative estimate of drug-likeness (QED) is 0.657. The molecule has 4 heteroatoms. The largest absolute Gasteiger partial charge is 0.480 e. The third-order valence-electron chi connectivity index (χ3n) is 2.68. The van der Waals surface area contributed by atoms with Crippen LogP contribution in [0.3, 0.4) is 0 Å². The van der Waals surface area contributed by atoms with E-state index < -0.39 is 10.7 Å². The SMILES string of the molecule is CC(C)(C)CC(C)(Sc1ccc(C=O)cc1)C(=O)O. The first kappa shape index (κ1) is 15.8. The monoisotopic (exact) mass is 280 g/mol. The molecule has 1 aromatic rings. The molecule has 3 nitrogen and oxygen atoms in total. The molecule has 0 aromatic heterocycles. The molecule has 0 spiro atoms. The van der Waals surface area contributed by atoms with E-state index in [9.17, 15) is 14.7 Å². The first-order valence-electron chi connectivity index (χ1n) is 6.14. The Labute approximate surface area is 118 Å². The zero-order valence-electron chi connectivity index (χ0n) is 11.8. The van der Waals surface area contributed by atoms with Crippen molar-refractivity contribution in [2.24, 2.45) is 5.41 Å². The van der Waals surface area contributed by atoms with Gasteiger partial charge in [-0.1, -0.05) is 32.9 Å². The molecule has 1 aromatic carbocycles. The molecule has 0 saturated carbocycles. The van der Waals surface area contributed by atoms with Gasteiger partial charge in [-0.15, -0.1) is 11.8 Å². The van der Waals surface area contributed by atoms with Gasteiger partial charge in [0.1, 0.15) is 11.0 Å². The third-order valence-corrected chi connectivity index (χ3v) is 3.96. The van der Waals surface area contributed by atoms with Crippen molar-refractivity contribution >= 4 is 24.0 Å². The number of hydrogen-bond acceptors (Lipinski definition) is 3. The van der Waals surface area contributed by atoms with Crippen LogP contribution < -0.4 is 0 Å². The van der Waals surface area contributed by atoms with E-state index in [2.05, 4.69) is 0 Å². The Morgan fingerprint density at radius 1 is 1.21 bits per heavy atom. The summed E-state index contributed by atoms with van der Waals surface area (Å²) >= 11 is 1.33. The van der Waals surface area contributed by atoms with Crippen molar-refractivity contribution in [2.45, 2.75) is 43.8 Å². The molecule has 0 aliphatic carbocycles. The number of carbonyl (C=O) groups is 2. The number of aldehydes is 1. The molecule has 0 amide bonds. The Kier molecular flexibility index (Phi) is 4.80. The van der Waals surface area contributed by atoms with E-state index in [1.54, 1.807) is 31.2 Å². The van der Waals surface area contributed by atoms with Gasteiger partial charge < -0.3 is 5.11 Å². The number of rotatable bonds is 5. The van der Waals surface area contributed by atoms with Crippen molar-refractivity contribution in [2.75, 3.05) is 0 Å². The highest BCUT2D eigenvalue weighted by molar-refractivity contribution is 8.01. The van der Waals surface area contributed by atoms with Gasteiger partial charge in [0.25, 0.3) is 0 Å². The summed E-state index contributed by atoms with van der Waals surface area (Å²) in [5.74, 6) is -0.813. The maximum Gasteiger partial charge on any atom is 0.319 e. The van der Waals surface area contributed by atoms with E-state index in [4.69, 9.17) is 0 Å². The van der Waals surface area contributed by atoms with Gasteiger partial charge in [0, 0.05) is 10.5 Å². The Morgan fingerprint density at radius 2 is 1.74 bits per heavy atom. The van der Waals surface area contributed by atoms with Gasteiger partial charge in [-0.05, 0) is 30.9 Å². The van der Waals surface area contributed by atoms with Crippen LogP contribution >= 0.6 is 11.8 Å². The standard InChI is InChI=1S/C15H20O3S/c1-14(2,3)10-15(4,13(17)18)19-12-7-5-11(9-16)6-8-12/h5-9H,10H2,1-4H3,(H,17,18). The molecule has 19 heavy (non-hydrogen) atoms. The van der Waals surface area contributed by atoms with Crippen LogP contribution in [0, 0.1) is 5.41 Å². The first-order valence-corrected chi connectivity index (χ1v) is 6.96. The van der Waals surface area contributed by atoms with Crippen LogP contribution in [0.15, 0.2) is 29.2 Å². The minimum Gasteiger partial charge on any atom is -0.480 e. The fourth-order valence-corrected chi connectivity index (χ4v) is 3.43. The van der Waals surface area contributed by atoms with Gasteiger partial charge in [0.05, 0.1) is 0 Å². The van der Waals surface area contributed by atoms with Crippen LogP contribution in [0.5, 0.6) is 0 Å². The normalized spacial score (nSPS) is 14.7. The lowest BCUT2D eigenvalue weighted by atomic mass is 9.85. The minimum atomic E-state index is -0.874. The molecule has 0 radical (unpaired) electrons. The maximum atomic E-state index is 11.5. The number of benzene rings is 1. The Balaban J connectivity index is 2.94. The van der Waals surface area contributed by atoms with E-state index in [-0.39, 0.29) is 5.41 Å². The third kappa shape index (κ3) is 4.71. The molecule has 0 heterocycles. The van der Waals surface area contributed by atoms with Gasteiger partial charge in [0.15, 0.2) is 0 Å². The predicted molar refractivity (Wildman–Crippen MR) is 77.8 cm³/mol. The van der Waals surface area contributed by atoms with Crippen molar-refractivity contribution in [1.82, 2.24) is 0 Å². The minimum absolute atomic E-state index is 0.0666. The van der Waals surface area contributed by atoms with Gasteiger partial charge in [-0.3, -0.25) is 9.59 Å². The van der Waals surface area contributed by atoms with Crippen LogP contribution in [0.1, 0.15) is 44.5 Å². The zero-order valence-corrected chi connectivity index (χ0v) is 12.6. The summed E-state index contributed by atoms with van der Waals surface area (Å²) in [5.41, 5.74) is 0.528. The van der Waals surface area contributed by atoms with Crippen molar-refractivity contribution in [3.63, 3.8) is 0 Å². The van der Waals surface area contributed by atoms with Crippen molar-refractivity contribution in [1.29, 1.82) is 0 Å². The first-order chi connectivity index (χ1) is 8.66. The molecule has 1 unspecified atom stereocenters. The summed E-state index contributed by atoms with van der Waals surface area (Å²) in [6, 6.07) is 6.99. The molecule has 1 rings (SSSR count). The van der Waals surface area contributed by atoms with E-state index in [1.165, 1.54) is 11.8 Å². The van der Waals surface area contributed by atoms with Crippen LogP contribution in [0.4, 0.5) is 0 Å². The number of aliphatic carboxylic acids is 1. The van der Waals surface area contributed by atoms with Gasteiger partial charge >= 0.3 is 5.97 Å². The smallest absolute Gasteiger partial charge is 0.319 e. The molecular weight excluding hydrogens is 260 g/mol. The number of carboxylic acid groups (broad SMARTS) is 1. The summed E-state index contributed by atoms with van der Waals surface area (Å²) in [5, 5.41) is 9.48. The van der Waals surface area contributed by atoms with Crippen LogP contribution in [-0.2, 0) is 4.79 Å². The second-order valence-electron chi connectivity index (χ2n) is 6.06. The van der Waals surface area contributed by atoms with Crippen molar-refractivity contribution in [3.8, 4) is 0 Å². The second kappa shape index (κ2) is 5.78. The molecule has 0 bridgehead atoms. The summed E-state index contributed by atoms with van der Waals surface area (Å²) in [4.78, 5) is 23.0. The van der Waals surface area contributed by atoms with Gasteiger partial charge in [-0.2, -0.15) is 0 Å².